The molecule has 0 radical (unpaired) electrons. The van der Waals surface area contributed by atoms with Crippen LogP contribution >= 0.6 is 0 Å². The van der Waals surface area contributed by atoms with Crippen molar-refractivity contribution in [2.45, 2.75) is 12.5 Å². The highest BCUT2D eigenvalue weighted by molar-refractivity contribution is 5.38. The fraction of sp³-hybridized carbons (Fsp3) is 0.333. The standard InChI is InChI=1S/C9H11F2NO2/c1-9(12,4-13)5-2-6(10)7(11)3-8(5)14/h2-3,13-14H,4,12H2,1H3. The third-order valence-corrected chi connectivity index (χ3v) is 1.98. The van der Waals surface area contributed by atoms with Gasteiger partial charge in [-0.2, -0.15) is 0 Å². The summed E-state index contributed by atoms with van der Waals surface area (Å²) in [6.45, 7) is 0.922. The molecule has 0 heterocycles. The third kappa shape index (κ3) is 1.83. The van der Waals surface area contributed by atoms with Gasteiger partial charge < -0.3 is 15.9 Å². The first-order chi connectivity index (χ1) is 6.38. The molecule has 4 N–H and O–H groups in total. The van der Waals surface area contributed by atoms with E-state index in [0.717, 1.165) is 6.07 Å². The van der Waals surface area contributed by atoms with E-state index in [-0.39, 0.29) is 5.56 Å². The van der Waals surface area contributed by atoms with E-state index >= 15 is 0 Å². The Labute approximate surface area is 79.8 Å². The first-order valence-corrected chi connectivity index (χ1v) is 3.96. The number of aliphatic hydroxyl groups excluding tert-OH is 1. The Morgan fingerprint density at radius 2 is 1.86 bits per heavy atom. The van der Waals surface area contributed by atoms with Crippen molar-refractivity contribution in [1.82, 2.24) is 0 Å². The fourth-order valence-electron chi connectivity index (χ4n) is 1.08. The summed E-state index contributed by atoms with van der Waals surface area (Å²) >= 11 is 0. The molecule has 14 heavy (non-hydrogen) atoms. The minimum Gasteiger partial charge on any atom is -0.507 e. The zero-order chi connectivity index (χ0) is 10.9. The summed E-state index contributed by atoms with van der Waals surface area (Å²) in [5.74, 6) is -2.73. The van der Waals surface area contributed by atoms with Gasteiger partial charge in [0.1, 0.15) is 5.75 Å². The Hall–Kier alpha value is -1.20. The molecule has 1 aromatic carbocycles. The third-order valence-electron chi connectivity index (χ3n) is 1.98. The van der Waals surface area contributed by atoms with Crippen LogP contribution in [0.1, 0.15) is 12.5 Å². The van der Waals surface area contributed by atoms with Crippen LogP contribution in [0, 0.1) is 11.6 Å². The van der Waals surface area contributed by atoms with Crippen LogP contribution in [0.3, 0.4) is 0 Å². The van der Waals surface area contributed by atoms with Gasteiger partial charge in [-0.15, -0.1) is 0 Å². The van der Waals surface area contributed by atoms with Crippen molar-refractivity contribution in [3.63, 3.8) is 0 Å². The van der Waals surface area contributed by atoms with Gasteiger partial charge in [0, 0.05) is 11.6 Å². The zero-order valence-corrected chi connectivity index (χ0v) is 7.59. The van der Waals surface area contributed by atoms with Crippen LogP contribution in [0.2, 0.25) is 0 Å². The molecule has 78 valence electrons. The molecule has 0 bridgehead atoms. The van der Waals surface area contributed by atoms with Crippen LogP contribution in [0.4, 0.5) is 8.78 Å². The van der Waals surface area contributed by atoms with Crippen LogP contribution in [0.5, 0.6) is 5.75 Å². The number of phenols is 1. The van der Waals surface area contributed by atoms with Gasteiger partial charge in [-0.3, -0.25) is 0 Å². The van der Waals surface area contributed by atoms with Crippen LogP contribution in [0.15, 0.2) is 12.1 Å². The first kappa shape index (κ1) is 10.9. The van der Waals surface area contributed by atoms with Crippen LogP contribution in [-0.4, -0.2) is 16.8 Å². The molecule has 0 saturated heterocycles. The maximum absolute atomic E-state index is 12.8. The second kappa shape index (κ2) is 3.51. The maximum atomic E-state index is 12.8. The second-order valence-electron chi connectivity index (χ2n) is 3.36. The van der Waals surface area contributed by atoms with Crippen LogP contribution < -0.4 is 5.73 Å². The first-order valence-electron chi connectivity index (χ1n) is 3.96. The predicted octanol–water partition coefficient (Wildman–Crippen LogP) is 0.837. The van der Waals surface area contributed by atoms with E-state index in [1.165, 1.54) is 6.92 Å². The van der Waals surface area contributed by atoms with Gasteiger partial charge in [0.05, 0.1) is 12.1 Å². The minimum absolute atomic E-state index is 0.0288. The van der Waals surface area contributed by atoms with Crippen molar-refractivity contribution in [1.29, 1.82) is 0 Å². The average molecular weight is 203 g/mol. The lowest BCUT2D eigenvalue weighted by molar-refractivity contribution is 0.206. The van der Waals surface area contributed by atoms with E-state index in [1.54, 1.807) is 0 Å². The monoisotopic (exact) mass is 203 g/mol. The molecule has 0 amide bonds. The number of nitrogens with two attached hydrogens (primary N) is 1. The number of phenolic OH excluding ortho intramolecular Hbond substituents is 1. The average Bonchev–Trinajstić information content (AvgIpc) is 2.11. The summed E-state index contributed by atoms with van der Waals surface area (Å²) in [6, 6.07) is 1.41. The van der Waals surface area contributed by atoms with Gasteiger partial charge in [-0.25, -0.2) is 8.78 Å². The molecule has 0 fully saturated rings. The van der Waals surface area contributed by atoms with Gasteiger partial charge in [0.2, 0.25) is 0 Å². The van der Waals surface area contributed by atoms with Crippen molar-refractivity contribution in [2.75, 3.05) is 6.61 Å². The quantitative estimate of drug-likeness (QED) is 0.667. The van der Waals surface area contributed by atoms with Gasteiger partial charge in [-0.1, -0.05) is 0 Å². The summed E-state index contributed by atoms with van der Waals surface area (Å²) in [4.78, 5) is 0. The summed E-state index contributed by atoms with van der Waals surface area (Å²) in [5, 5.41) is 18.2. The van der Waals surface area contributed by atoms with Crippen molar-refractivity contribution < 1.29 is 19.0 Å². The number of hydrogen-bond donors (Lipinski definition) is 3. The molecule has 0 saturated carbocycles. The van der Waals surface area contributed by atoms with E-state index in [9.17, 15) is 13.9 Å². The van der Waals surface area contributed by atoms with E-state index in [0.29, 0.717) is 6.07 Å². The van der Waals surface area contributed by atoms with E-state index in [1.807, 2.05) is 0 Å². The molecule has 1 unspecified atom stereocenters. The lowest BCUT2D eigenvalue weighted by Gasteiger charge is -2.23. The van der Waals surface area contributed by atoms with Crippen molar-refractivity contribution in [2.24, 2.45) is 5.73 Å². The molecule has 0 spiro atoms. The zero-order valence-electron chi connectivity index (χ0n) is 7.59. The minimum atomic E-state index is -1.29. The van der Waals surface area contributed by atoms with Gasteiger partial charge in [-0.05, 0) is 13.0 Å². The summed E-state index contributed by atoms with van der Waals surface area (Å²) in [5.41, 5.74) is 4.24. The molecule has 1 rings (SSSR count). The van der Waals surface area contributed by atoms with E-state index in [2.05, 4.69) is 0 Å². The normalized spacial score (nSPS) is 15.2. The highest BCUT2D eigenvalue weighted by atomic mass is 19.2. The largest absolute Gasteiger partial charge is 0.507 e. The van der Waals surface area contributed by atoms with Crippen LogP contribution in [0.25, 0.3) is 0 Å². The summed E-state index contributed by atoms with van der Waals surface area (Å²) in [7, 11) is 0. The lowest BCUT2D eigenvalue weighted by Crippen LogP contribution is -2.37. The highest BCUT2D eigenvalue weighted by Crippen LogP contribution is 2.28. The molecule has 0 aliphatic heterocycles. The Morgan fingerprint density at radius 1 is 1.36 bits per heavy atom. The Balaban J connectivity index is 3.29. The molecular weight excluding hydrogens is 192 g/mol. The van der Waals surface area contributed by atoms with Crippen molar-refractivity contribution in [3.05, 3.63) is 29.3 Å². The summed E-state index contributed by atoms with van der Waals surface area (Å²) in [6.07, 6.45) is 0. The maximum Gasteiger partial charge on any atom is 0.162 e. The number of benzene rings is 1. The number of hydrogen-bond acceptors (Lipinski definition) is 3. The Morgan fingerprint density at radius 3 is 2.36 bits per heavy atom. The topological polar surface area (TPSA) is 66.5 Å². The fourth-order valence-corrected chi connectivity index (χ4v) is 1.08. The number of aromatic hydroxyl groups is 1. The molecule has 1 aromatic rings. The van der Waals surface area contributed by atoms with Crippen LogP contribution in [-0.2, 0) is 5.54 Å². The van der Waals surface area contributed by atoms with E-state index < -0.39 is 29.5 Å². The predicted molar refractivity (Wildman–Crippen MR) is 46.6 cm³/mol. The SMILES string of the molecule is CC(N)(CO)c1cc(F)c(F)cc1O. The lowest BCUT2D eigenvalue weighted by atomic mass is 9.93. The molecule has 3 nitrogen and oxygen atoms in total. The number of aliphatic hydroxyl groups is 1. The molecule has 0 aromatic heterocycles. The molecule has 1 atom stereocenters. The second-order valence-corrected chi connectivity index (χ2v) is 3.36. The summed E-state index contributed by atoms with van der Waals surface area (Å²) < 4.78 is 25.4. The Kier molecular flexibility index (Phi) is 2.73. The molecule has 5 heteroatoms. The van der Waals surface area contributed by atoms with Gasteiger partial charge in [0.25, 0.3) is 0 Å². The van der Waals surface area contributed by atoms with E-state index in [4.69, 9.17) is 10.8 Å². The number of rotatable bonds is 2. The van der Waals surface area contributed by atoms with Gasteiger partial charge >= 0.3 is 0 Å². The molecule has 0 aliphatic carbocycles. The van der Waals surface area contributed by atoms with Crippen molar-refractivity contribution >= 4 is 0 Å². The molecular formula is C9H11F2NO2. The Bertz CT molecular complexity index is 353. The highest BCUT2D eigenvalue weighted by Gasteiger charge is 2.25. The smallest absolute Gasteiger partial charge is 0.162 e. The van der Waals surface area contributed by atoms with Gasteiger partial charge in [0.15, 0.2) is 11.6 Å². The van der Waals surface area contributed by atoms with Crippen molar-refractivity contribution in [3.8, 4) is 5.75 Å². The number of halogens is 2. The molecule has 0 aliphatic rings.